The second-order valence-electron chi connectivity index (χ2n) is 7.21. The zero-order chi connectivity index (χ0) is 18.4. The van der Waals surface area contributed by atoms with Crippen molar-refractivity contribution in [3.63, 3.8) is 0 Å². The molecule has 1 aliphatic heterocycles. The largest absolute Gasteiger partial charge is 0.383 e. The van der Waals surface area contributed by atoms with Crippen LogP contribution < -0.4 is 5.73 Å². The lowest BCUT2D eigenvalue weighted by molar-refractivity contribution is -0.159. The van der Waals surface area contributed by atoms with E-state index >= 15 is 0 Å². The van der Waals surface area contributed by atoms with Crippen molar-refractivity contribution in [1.82, 2.24) is 19.5 Å². The number of hydrogen-bond donors (Lipinski definition) is 4. The molecular weight excluding hydrogens is 330 g/mol. The van der Waals surface area contributed by atoms with Gasteiger partial charge in [0.05, 0.1) is 6.33 Å². The van der Waals surface area contributed by atoms with Crippen molar-refractivity contribution < 1.29 is 24.9 Å². The van der Waals surface area contributed by atoms with E-state index in [2.05, 4.69) is 15.0 Å². The second-order valence-corrected chi connectivity index (χ2v) is 7.21. The summed E-state index contributed by atoms with van der Waals surface area (Å²) in [5.41, 5.74) is 1.85. The van der Waals surface area contributed by atoms with Gasteiger partial charge in [0.2, 0.25) is 0 Å². The summed E-state index contributed by atoms with van der Waals surface area (Å²) in [6.45, 7) is 4.48. The summed E-state index contributed by atoms with van der Waals surface area (Å²) in [5.74, 6) is -0.398. The third-order valence-corrected chi connectivity index (χ3v) is 5.81. The standard InChI is InChI=1S/C15H19N5O5/c1-6(21)8(22)9-14(23)13(2,3)15(14,24)12(25-9)20-5-19-7-10(16)17-4-18-11(7)20/h4-5,8-9,12,22-24H,1-3H3,(H2,16,17,18)/t8-,9+,12+,14+,15+/m0/s1. The molecule has 1 aliphatic carbocycles. The molecule has 1 saturated heterocycles. The average Bonchev–Trinajstić information content (AvgIpc) is 2.93. The van der Waals surface area contributed by atoms with Gasteiger partial charge in [-0.3, -0.25) is 9.36 Å². The number of carbonyl (C=O) groups is 1. The van der Waals surface area contributed by atoms with Gasteiger partial charge >= 0.3 is 0 Å². The number of ether oxygens (including phenoxy) is 1. The van der Waals surface area contributed by atoms with Crippen molar-refractivity contribution >= 4 is 22.8 Å². The van der Waals surface area contributed by atoms with E-state index in [-0.39, 0.29) is 5.82 Å². The van der Waals surface area contributed by atoms with Crippen LogP contribution in [0.25, 0.3) is 11.2 Å². The number of aliphatic hydroxyl groups excluding tert-OH is 1. The van der Waals surface area contributed by atoms with Crippen LogP contribution in [-0.4, -0.2) is 64.0 Å². The van der Waals surface area contributed by atoms with E-state index in [1.54, 1.807) is 13.8 Å². The van der Waals surface area contributed by atoms with Gasteiger partial charge in [-0.1, -0.05) is 13.8 Å². The van der Waals surface area contributed by atoms with Gasteiger partial charge in [0.15, 0.2) is 23.5 Å². The minimum Gasteiger partial charge on any atom is -0.383 e. The summed E-state index contributed by atoms with van der Waals surface area (Å²) in [5, 5.41) is 32.4. The number of nitrogens with zero attached hydrogens (tertiary/aromatic N) is 4. The summed E-state index contributed by atoms with van der Waals surface area (Å²) in [4.78, 5) is 23.7. The predicted octanol–water partition coefficient (Wildman–Crippen LogP) is -1.24. The molecule has 0 radical (unpaired) electrons. The number of anilines is 1. The van der Waals surface area contributed by atoms with Gasteiger partial charge in [-0.05, 0) is 6.92 Å². The zero-order valence-electron chi connectivity index (χ0n) is 13.9. The number of carbonyl (C=O) groups excluding carboxylic acids is 1. The van der Waals surface area contributed by atoms with Crippen molar-refractivity contribution in [3.8, 4) is 0 Å². The van der Waals surface area contributed by atoms with Gasteiger partial charge in [-0.15, -0.1) is 0 Å². The third-order valence-electron chi connectivity index (χ3n) is 5.81. The normalized spacial score (nSPS) is 37.0. The maximum Gasteiger partial charge on any atom is 0.169 e. The number of ketones is 1. The first-order chi connectivity index (χ1) is 11.6. The number of imidazole rings is 1. The molecule has 2 fully saturated rings. The highest BCUT2D eigenvalue weighted by Crippen LogP contribution is 2.75. The lowest BCUT2D eigenvalue weighted by Gasteiger charge is -2.29. The van der Waals surface area contributed by atoms with Gasteiger partial charge in [-0.2, -0.15) is 0 Å². The molecule has 25 heavy (non-hydrogen) atoms. The molecule has 5 N–H and O–H groups in total. The van der Waals surface area contributed by atoms with E-state index in [4.69, 9.17) is 10.5 Å². The molecule has 4 rings (SSSR count). The minimum atomic E-state index is -1.80. The lowest BCUT2D eigenvalue weighted by atomic mass is 9.96. The molecule has 0 spiro atoms. The Kier molecular flexibility index (Phi) is 2.96. The van der Waals surface area contributed by atoms with Crippen LogP contribution in [0.1, 0.15) is 27.0 Å². The number of hydrogen-bond acceptors (Lipinski definition) is 9. The van der Waals surface area contributed by atoms with Crippen LogP contribution in [0.3, 0.4) is 0 Å². The number of aliphatic hydroxyl groups is 3. The fraction of sp³-hybridized carbons (Fsp3) is 0.600. The Balaban J connectivity index is 1.86. The molecule has 0 amide bonds. The summed E-state index contributed by atoms with van der Waals surface area (Å²) in [7, 11) is 0. The number of nitrogens with two attached hydrogens (primary N) is 1. The summed E-state index contributed by atoms with van der Waals surface area (Å²) in [6.07, 6.45) is -1.34. The maximum absolute atomic E-state index is 11.6. The van der Waals surface area contributed by atoms with Crippen LogP contribution in [-0.2, 0) is 9.53 Å². The monoisotopic (exact) mass is 349 g/mol. The molecule has 3 heterocycles. The van der Waals surface area contributed by atoms with E-state index in [1.807, 2.05) is 0 Å². The highest BCUT2D eigenvalue weighted by Gasteiger charge is 2.93. The van der Waals surface area contributed by atoms with E-state index in [9.17, 15) is 20.1 Å². The number of nitrogen functional groups attached to an aromatic ring is 1. The molecule has 10 nitrogen and oxygen atoms in total. The molecule has 0 aromatic carbocycles. The van der Waals surface area contributed by atoms with E-state index < -0.39 is 40.8 Å². The molecule has 5 atom stereocenters. The Morgan fingerprint density at radius 3 is 2.64 bits per heavy atom. The minimum absolute atomic E-state index is 0.166. The van der Waals surface area contributed by atoms with Crippen molar-refractivity contribution in [2.75, 3.05) is 5.73 Å². The van der Waals surface area contributed by atoms with Crippen molar-refractivity contribution in [1.29, 1.82) is 0 Å². The summed E-state index contributed by atoms with van der Waals surface area (Å²) >= 11 is 0. The van der Waals surface area contributed by atoms with Gasteiger partial charge < -0.3 is 25.8 Å². The topological polar surface area (TPSA) is 157 Å². The van der Waals surface area contributed by atoms with Crippen LogP contribution in [0.15, 0.2) is 12.7 Å². The van der Waals surface area contributed by atoms with Gasteiger partial charge in [-0.25, -0.2) is 15.0 Å². The molecule has 2 aromatic rings. The van der Waals surface area contributed by atoms with Gasteiger partial charge in [0.1, 0.15) is 35.3 Å². The molecule has 1 saturated carbocycles. The lowest BCUT2D eigenvalue weighted by Crippen LogP contribution is -2.45. The van der Waals surface area contributed by atoms with Gasteiger partial charge in [0.25, 0.3) is 0 Å². The molecule has 2 aliphatic rings. The van der Waals surface area contributed by atoms with Crippen LogP contribution in [0.5, 0.6) is 0 Å². The van der Waals surface area contributed by atoms with Crippen LogP contribution in [0.2, 0.25) is 0 Å². The fourth-order valence-corrected chi connectivity index (χ4v) is 4.13. The fourth-order valence-electron chi connectivity index (χ4n) is 4.13. The molecule has 2 aromatic heterocycles. The zero-order valence-corrected chi connectivity index (χ0v) is 13.9. The van der Waals surface area contributed by atoms with Crippen LogP contribution in [0, 0.1) is 5.41 Å². The average molecular weight is 349 g/mol. The molecular formula is C15H19N5O5. The summed E-state index contributed by atoms with van der Waals surface area (Å²) < 4.78 is 7.16. The smallest absolute Gasteiger partial charge is 0.169 e. The Morgan fingerprint density at radius 1 is 1.32 bits per heavy atom. The highest BCUT2D eigenvalue weighted by atomic mass is 16.6. The number of fused-ring (bicyclic) bond motifs is 2. The van der Waals surface area contributed by atoms with Crippen LogP contribution in [0.4, 0.5) is 5.82 Å². The van der Waals surface area contributed by atoms with Gasteiger partial charge in [0, 0.05) is 5.41 Å². The first-order valence-electron chi connectivity index (χ1n) is 7.80. The third kappa shape index (κ3) is 1.58. The molecule has 0 bridgehead atoms. The first-order valence-corrected chi connectivity index (χ1v) is 7.80. The number of rotatable bonds is 3. The SMILES string of the molecule is CC(=O)[C@H](O)[C@H]1O[C@@H](n2cnc3c(N)ncnc32)[C@@]2(O)C(C)(C)[C@]12O. The molecule has 10 heteroatoms. The molecule has 0 unspecified atom stereocenters. The summed E-state index contributed by atoms with van der Waals surface area (Å²) in [6, 6.07) is 0. The van der Waals surface area contributed by atoms with Crippen molar-refractivity contribution in [2.45, 2.75) is 50.4 Å². The quantitative estimate of drug-likeness (QED) is 0.532. The number of aromatic nitrogens is 4. The Morgan fingerprint density at radius 2 is 2.00 bits per heavy atom. The Hall–Kier alpha value is -2.14. The van der Waals surface area contributed by atoms with Crippen molar-refractivity contribution in [3.05, 3.63) is 12.7 Å². The maximum atomic E-state index is 11.6. The van der Waals surface area contributed by atoms with Crippen molar-refractivity contribution in [2.24, 2.45) is 5.41 Å². The second kappa shape index (κ2) is 4.52. The van der Waals surface area contributed by atoms with E-state index in [0.717, 1.165) is 0 Å². The van der Waals surface area contributed by atoms with E-state index in [1.165, 1.54) is 24.1 Å². The van der Waals surface area contributed by atoms with Crippen LogP contribution >= 0.6 is 0 Å². The van der Waals surface area contributed by atoms with E-state index in [0.29, 0.717) is 11.2 Å². The highest BCUT2D eigenvalue weighted by molar-refractivity contribution is 5.82. The number of Topliss-reactive ketones (excluding diaryl/α,β-unsaturated/α-hetero) is 1. The Labute approximate surface area is 142 Å². The first kappa shape index (κ1) is 16.3. The predicted molar refractivity (Wildman–Crippen MR) is 84.0 cm³/mol. The molecule has 134 valence electrons. The Bertz CT molecular complexity index is 898.